The van der Waals surface area contributed by atoms with E-state index in [0.29, 0.717) is 13.2 Å². The van der Waals surface area contributed by atoms with Gasteiger partial charge in [0.15, 0.2) is 0 Å². The van der Waals surface area contributed by atoms with Gasteiger partial charge in [-0.25, -0.2) is 13.6 Å². The number of hydrogen-bond donors (Lipinski definition) is 2. The first-order valence-corrected chi connectivity index (χ1v) is 7.05. The van der Waals surface area contributed by atoms with Crippen LogP contribution in [0.1, 0.15) is 5.56 Å². The Morgan fingerprint density at radius 2 is 2.06 bits per heavy atom. The minimum Gasteiger partial charge on any atom is -0.384 e. The third-order valence-corrected chi connectivity index (χ3v) is 3.07. The van der Waals surface area contributed by atoms with Crippen LogP contribution in [0.2, 0.25) is 0 Å². The third-order valence-electron chi connectivity index (χ3n) is 2.29. The maximum atomic E-state index is 10.8. The van der Waals surface area contributed by atoms with E-state index in [4.69, 9.17) is 9.88 Å². The Morgan fingerprint density at radius 3 is 2.71 bits per heavy atom. The van der Waals surface area contributed by atoms with Crippen LogP contribution in [-0.4, -0.2) is 34.4 Å². The van der Waals surface area contributed by atoms with Crippen LogP contribution < -0.4 is 10.5 Å². The fraction of sp³-hybridized carbons (Fsp3) is 0.455. The van der Waals surface area contributed by atoms with Gasteiger partial charge < -0.3 is 10.1 Å². The minimum atomic E-state index is -3.41. The Balaban J connectivity index is 2.57. The summed E-state index contributed by atoms with van der Waals surface area (Å²) in [6.45, 7) is 0.941. The highest BCUT2D eigenvalue weighted by Gasteiger charge is 2.04. The van der Waals surface area contributed by atoms with E-state index < -0.39 is 10.0 Å². The van der Waals surface area contributed by atoms with Crippen molar-refractivity contribution in [3.8, 4) is 0 Å². The Morgan fingerprint density at radius 1 is 1.35 bits per heavy atom. The lowest BCUT2D eigenvalue weighted by atomic mass is 10.1. The molecule has 0 radical (unpaired) electrons. The topological polar surface area (TPSA) is 81.4 Å². The molecule has 0 aliphatic rings. The molecule has 0 fully saturated rings. The zero-order valence-electron chi connectivity index (χ0n) is 9.85. The van der Waals surface area contributed by atoms with Gasteiger partial charge in [-0.15, -0.1) is 0 Å². The first-order valence-electron chi connectivity index (χ1n) is 5.34. The number of hydrogen-bond acceptors (Lipinski definition) is 4. The van der Waals surface area contributed by atoms with Crippen molar-refractivity contribution >= 4 is 15.7 Å². The molecule has 0 bridgehead atoms. The van der Waals surface area contributed by atoms with Crippen LogP contribution in [0.4, 0.5) is 5.69 Å². The highest BCUT2D eigenvalue weighted by Crippen LogP contribution is 2.15. The number of sulfonamides is 1. The summed E-state index contributed by atoms with van der Waals surface area (Å²) in [5.74, 6) is -0.0778. The molecule has 96 valence electrons. The average molecular weight is 258 g/mol. The highest BCUT2D eigenvalue weighted by molar-refractivity contribution is 7.89. The van der Waals surface area contributed by atoms with Crippen LogP contribution in [0.15, 0.2) is 24.3 Å². The van der Waals surface area contributed by atoms with Crippen molar-refractivity contribution in [2.24, 2.45) is 5.14 Å². The van der Waals surface area contributed by atoms with E-state index in [1.165, 1.54) is 0 Å². The molecule has 0 amide bonds. The Hall–Kier alpha value is -1.11. The van der Waals surface area contributed by atoms with Gasteiger partial charge in [-0.05, 0) is 18.1 Å². The molecule has 6 heteroatoms. The fourth-order valence-electron chi connectivity index (χ4n) is 1.45. The molecule has 0 heterocycles. The molecule has 0 aromatic heterocycles. The molecule has 1 rings (SSSR count). The summed E-state index contributed by atoms with van der Waals surface area (Å²) in [7, 11) is -1.76. The normalized spacial score (nSPS) is 11.4. The number of primary sulfonamides is 1. The summed E-state index contributed by atoms with van der Waals surface area (Å²) in [4.78, 5) is 0. The number of methoxy groups -OCH3 is 1. The van der Waals surface area contributed by atoms with Crippen LogP contribution in [0.5, 0.6) is 0 Å². The molecule has 0 aliphatic carbocycles. The van der Waals surface area contributed by atoms with Crippen LogP contribution in [0, 0.1) is 0 Å². The van der Waals surface area contributed by atoms with Crippen molar-refractivity contribution in [1.82, 2.24) is 0 Å². The van der Waals surface area contributed by atoms with E-state index >= 15 is 0 Å². The molecule has 1 aromatic carbocycles. The summed E-state index contributed by atoms with van der Waals surface area (Å²) in [5, 5.41) is 7.99. The summed E-state index contributed by atoms with van der Waals surface area (Å²) >= 11 is 0. The molecule has 0 unspecified atom stereocenters. The molecule has 3 N–H and O–H groups in total. The third kappa shape index (κ3) is 5.67. The lowest BCUT2D eigenvalue weighted by Crippen LogP contribution is -2.22. The second kappa shape index (κ2) is 6.58. The minimum absolute atomic E-state index is 0.0778. The molecule has 0 saturated heterocycles. The van der Waals surface area contributed by atoms with Gasteiger partial charge in [-0.3, -0.25) is 0 Å². The van der Waals surface area contributed by atoms with E-state index in [1.54, 1.807) is 7.11 Å². The SMILES string of the molecule is COCCc1ccccc1NCCS(N)(=O)=O. The quantitative estimate of drug-likeness (QED) is 0.749. The lowest BCUT2D eigenvalue weighted by molar-refractivity contribution is 0.202. The molecule has 0 spiro atoms. The van der Waals surface area contributed by atoms with E-state index in [1.807, 2.05) is 24.3 Å². The molecule has 0 saturated carbocycles. The monoisotopic (exact) mass is 258 g/mol. The maximum Gasteiger partial charge on any atom is 0.210 e. The number of ether oxygens (including phenoxy) is 1. The molecular weight excluding hydrogens is 240 g/mol. The summed E-state index contributed by atoms with van der Waals surface area (Å²) in [6.07, 6.45) is 0.787. The number of anilines is 1. The average Bonchev–Trinajstić information content (AvgIpc) is 2.26. The number of nitrogens with one attached hydrogen (secondary N) is 1. The van der Waals surface area contributed by atoms with Crippen molar-refractivity contribution in [2.45, 2.75) is 6.42 Å². The first kappa shape index (κ1) is 14.0. The largest absolute Gasteiger partial charge is 0.384 e. The van der Waals surface area contributed by atoms with E-state index in [2.05, 4.69) is 5.32 Å². The zero-order chi connectivity index (χ0) is 12.7. The lowest BCUT2D eigenvalue weighted by Gasteiger charge is -2.11. The number of nitrogens with two attached hydrogens (primary N) is 1. The standard InChI is InChI=1S/C11H18N2O3S/c1-16-8-6-10-4-2-3-5-11(10)13-7-9-17(12,14)15/h2-5,13H,6-9H2,1H3,(H2,12,14,15). The Kier molecular flexibility index (Phi) is 5.40. The van der Waals surface area contributed by atoms with Crippen molar-refractivity contribution < 1.29 is 13.2 Å². The van der Waals surface area contributed by atoms with Gasteiger partial charge in [0.05, 0.1) is 12.4 Å². The maximum absolute atomic E-state index is 10.8. The summed E-state index contributed by atoms with van der Waals surface area (Å²) in [5.41, 5.74) is 2.02. The number of rotatable bonds is 7. The van der Waals surface area contributed by atoms with Crippen LogP contribution >= 0.6 is 0 Å². The van der Waals surface area contributed by atoms with E-state index in [9.17, 15) is 8.42 Å². The second-order valence-corrected chi connectivity index (χ2v) is 5.43. The van der Waals surface area contributed by atoms with E-state index in [-0.39, 0.29) is 5.75 Å². The van der Waals surface area contributed by atoms with Gasteiger partial charge in [0, 0.05) is 19.3 Å². The fourth-order valence-corrected chi connectivity index (χ4v) is 1.84. The van der Waals surface area contributed by atoms with Gasteiger partial charge in [0.2, 0.25) is 10.0 Å². The summed E-state index contributed by atoms with van der Waals surface area (Å²) in [6, 6.07) is 7.73. The molecule has 17 heavy (non-hydrogen) atoms. The van der Waals surface area contributed by atoms with Crippen molar-refractivity contribution in [2.75, 3.05) is 31.3 Å². The highest BCUT2D eigenvalue weighted by atomic mass is 32.2. The second-order valence-electron chi connectivity index (χ2n) is 3.69. The van der Waals surface area contributed by atoms with Crippen molar-refractivity contribution in [3.63, 3.8) is 0 Å². The predicted octanol–water partition coefficient (Wildman–Crippen LogP) is 0.576. The van der Waals surface area contributed by atoms with Gasteiger partial charge in [0.25, 0.3) is 0 Å². The van der Waals surface area contributed by atoms with Gasteiger partial charge in [-0.1, -0.05) is 18.2 Å². The molecule has 1 aromatic rings. The van der Waals surface area contributed by atoms with Crippen LogP contribution in [0.25, 0.3) is 0 Å². The van der Waals surface area contributed by atoms with Crippen molar-refractivity contribution in [1.29, 1.82) is 0 Å². The Bertz CT molecular complexity index is 446. The smallest absolute Gasteiger partial charge is 0.210 e. The Labute approximate surface area is 102 Å². The zero-order valence-corrected chi connectivity index (χ0v) is 10.7. The number of benzene rings is 1. The van der Waals surface area contributed by atoms with Gasteiger partial charge in [0.1, 0.15) is 0 Å². The van der Waals surface area contributed by atoms with Crippen LogP contribution in [-0.2, 0) is 21.2 Å². The first-order chi connectivity index (χ1) is 8.03. The summed E-state index contributed by atoms with van der Waals surface area (Å²) < 4.78 is 26.6. The van der Waals surface area contributed by atoms with Crippen molar-refractivity contribution in [3.05, 3.63) is 29.8 Å². The molecular formula is C11H18N2O3S. The van der Waals surface area contributed by atoms with Gasteiger partial charge in [-0.2, -0.15) is 0 Å². The molecule has 0 atom stereocenters. The number of para-hydroxylation sites is 1. The van der Waals surface area contributed by atoms with E-state index in [0.717, 1.165) is 17.7 Å². The molecule has 5 nitrogen and oxygen atoms in total. The van der Waals surface area contributed by atoms with Gasteiger partial charge >= 0.3 is 0 Å². The molecule has 0 aliphatic heterocycles. The predicted molar refractivity (Wildman–Crippen MR) is 68.5 cm³/mol. The van der Waals surface area contributed by atoms with Crippen LogP contribution in [0.3, 0.4) is 0 Å².